The van der Waals surface area contributed by atoms with E-state index in [1.165, 1.54) is 18.4 Å². The molecule has 3 rings (SSSR count). The molecule has 7 heteroatoms. The lowest BCUT2D eigenvalue weighted by atomic mass is 9.93. The van der Waals surface area contributed by atoms with E-state index in [-0.39, 0.29) is 17.6 Å². The van der Waals surface area contributed by atoms with Crippen LogP contribution in [0.4, 0.5) is 10.3 Å². The number of rotatable bonds is 4. The molecule has 116 valence electrons. The van der Waals surface area contributed by atoms with Crippen LogP contribution in [0.5, 0.6) is 5.88 Å². The summed E-state index contributed by atoms with van der Waals surface area (Å²) >= 11 is 1.46. The van der Waals surface area contributed by atoms with Gasteiger partial charge in [0.25, 0.3) is 5.88 Å². The summed E-state index contributed by atoms with van der Waals surface area (Å²) < 4.78 is 18.3. The average molecular weight is 321 g/mol. The first-order valence-electron chi connectivity index (χ1n) is 7.08. The molecule has 5 nitrogen and oxygen atoms in total. The first-order chi connectivity index (χ1) is 10.7. The van der Waals surface area contributed by atoms with Crippen molar-refractivity contribution in [2.24, 2.45) is 5.92 Å². The van der Waals surface area contributed by atoms with Crippen molar-refractivity contribution in [2.45, 2.75) is 12.8 Å². The molecule has 0 radical (unpaired) electrons. The minimum absolute atomic E-state index is 0.0725. The van der Waals surface area contributed by atoms with Gasteiger partial charge in [0.05, 0.1) is 18.2 Å². The summed E-state index contributed by atoms with van der Waals surface area (Å²) in [6.07, 6.45) is 2.84. The van der Waals surface area contributed by atoms with E-state index in [2.05, 4.69) is 9.97 Å². The zero-order valence-electron chi connectivity index (χ0n) is 12.2. The second kappa shape index (κ2) is 6.39. The van der Waals surface area contributed by atoms with Gasteiger partial charge in [-0.1, -0.05) is 6.07 Å². The zero-order chi connectivity index (χ0) is 15.5. The summed E-state index contributed by atoms with van der Waals surface area (Å²) in [5.74, 6) is -0.172. The molecule has 0 N–H and O–H groups in total. The highest BCUT2D eigenvalue weighted by atomic mass is 32.1. The number of ether oxygens (including phenoxy) is 1. The van der Waals surface area contributed by atoms with Gasteiger partial charge in [-0.2, -0.15) is 9.37 Å². The molecule has 0 aromatic carbocycles. The minimum Gasteiger partial charge on any atom is -0.479 e. The van der Waals surface area contributed by atoms with Gasteiger partial charge in [-0.15, -0.1) is 11.3 Å². The van der Waals surface area contributed by atoms with Gasteiger partial charge < -0.3 is 9.64 Å². The van der Waals surface area contributed by atoms with Crippen LogP contribution in [0.25, 0.3) is 0 Å². The summed E-state index contributed by atoms with van der Waals surface area (Å²) in [6, 6.07) is 3.73. The molecule has 22 heavy (non-hydrogen) atoms. The Hall–Kier alpha value is -2.02. The molecule has 1 aliphatic rings. The largest absolute Gasteiger partial charge is 0.479 e. The highest BCUT2D eigenvalue weighted by Crippen LogP contribution is 2.26. The number of halogens is 1. The third-order valence-electron chi connectivity index (χ3n) is 3.73. The third kappa shape index (κ3) is 2.94. The molecule has 0 bridgehead atoms. The molecule has 1 fully saturated rings. The van der Waals surface area contributed by atoms with Crippen LogP contribution in [0.3, 0.4) is 0 Å². The molecule has 2 aromatic heterocycles. The summed E-state index contributed by atoms with van der Waals surface area (Å²) in [5.41, 5.74) is 0. The molecule has 1 saturated heterocycles. The van der Waals surface area contributed by atoms with Crippen LogP contribution in [0, 0.1) is 11.7 Å². The van der Waals surface area contributed by atoms with Gasteiger partial charge in [-0.05, 0) is 24.3 Å². The summed E-state index contributed by atoms with van der Waals surface area (Å²) in [4.78, 5) is 23.3. The highest BCUT2D eigenvalue weighted by molar-refractivity contribution is 7.12. The van der Waals surface area contributed by atoms with Gasteiger partial charge in [0.2, 0.25) is 11.8 Å². The maximum Gasteiger partial charge on any atom is 0.255 e. The van der Waals surface area contributed by atoms with Crippen molar-refractivity contribution >= 4 is 23.1 Å². The number of carbonyl (C=O) groups is 1. The van der Waals surface area contributed by atoms with Crippen LogP contribution < -0.4 is 9.64 Å². The van der Waals surface area contributed by atoms with Gasteiger partial charge in [0.15, 0.2) is 5.78 Å². The summed E-state index contributed by atoms with van der Waals surface area (Å²) in [6.45, 7) is 1.30. The van der Waals surface area contributed by atoms with E-state index < -0.39 is 5.82 Å². The number of carbonyl (C=O) groups excluding carboxylic acids is 1. The summed E-state index contributed by atoms with van der Waals surface area (Å²) in [7, 11) is 1.37. The minimum atomic E-state index is -0.588. The monoisotopic (exact) mass is 321 g/mol. The van der Waals surface area contributed by atoms with E-state index in [1.54, 1.807) is 0 Å². The Morgan fingerprint density at radius 3 is 3.14 bits per heavy atom. The van der Waals surface area contributed by atoms with E-state index in [9.17, 15) is 9.18 Å². The molecule has 3 heterocycles. The van der Waals surface area contributed by atoms with E-state index in [1.807, 2.05) is 22.4 Å². The number of methoxy groups -OCH3 is 1. The lowest BCUT2D eigenvalue weighted by molar-refractivity contribution is 0.0911. The van der Waals surface area contributed by atoms with Gasteiger partial charge in [0.1, 0.15) is 0 Å². The number of nitrogens with zero attached hydrogens (tertiary/aromatic N) is 3. The Kier molecular flexibility index (Phi) is 4.33. The quantitative estimate of drug-likeness (QED) is 0.811. The zero-order valence-corrected chi connectivity index (χ0v) is 13.0. The van der Waals surface area contributed by atoms with Gasteiger partial charge in [0, 0.05) is 19.0 Å². The standard InChI is InChI=1S/C15H16FN3O2S/c1-21-14-11(16)8-17-15(18-14)19-6-2-4-10(9-19)13(20)12-5-3-7-22-12/h3,5,7-8,10H,2,4,6,9H2,1H3. The molecule has 0 saturated carbocycles. The van der Waals surface area contributed by atoms with Crippen molar-refractivity contribution in [2.75, 3.05) is 25.1 Å². The third-order valence-corrected chi connectivity index (χ3v) is 4.62. The number of anilines is 1. The molecular weight excluding hydrogens is 305 g/mol. The van der Waals surface area contributed by atoms with Crippen molar-refractivity contribution in [3.05, 3.63) is 34.4 Å². The number of thiophene rings is 1. The van der Waals surface area contributed by atoms with Gasteiger partial charge in [-0.3, -0.25) is 4.79 Å². The van der Waals surface area contributed by atoms with Crippen molar-refractivity contribution in [1.82, 2.24) is 9.97 Å². The fourth-order valence-corrected chi connectivity index (χ4v) is 3.37. The van der Waals surface area contributed by atoms with Crippen LogP contribution in [0.15, 0.2) is 23.7 Å². The molecule has 0 spiro atoms. The first kappa shape index (κ1) is 14.9. The summed E-state index contributed by atoms with van der Waals surface area (Å²) in [5, 5.41) is 1.90. The van der Waals surface area contributed by atoms with Crippen molar-refractivity contribution in [3.8, 4) is 5.88 Å². The fourth-order valence-electron chi connectivity index (χ4n) is 2.63. The predicted molar refractivity (Wildman–Crippen MR) is 82.1 cm³/mol. The average Bonchev–Trinajstić information content (AvgIpc) is 3.09. The SMILES string of the molecule is COc1nc(N2CCCC(C(=O)c3cccs3)C2)ncc1F. The fraction of sp³-hybridized carbons (Fsp3) is 0.400. The number of piperidine rings is 1. The number of ketones is 1. The Balaban J connectivity index is 1.77. The van der Waals surface area contributed by atoms with Crippen molar-refractivity contribution < 1.29 is 13.9 Å². The molecule has 0 aliphatic carbocycles. The van der Waals surface area contributed by atoms with Gasteiger partial charge >= 0.3 is 0 Å². The Labute approximate surface area is 131 Å². The second-order valence-corrected chi connectivity index (χ2v) is 6.10. The Morgan fingerprint density at radius 2 is 2.41 bits per heavy atom. The van der Waals surface area contributed by atoms with Crippen LogP contribution in [0.1, 0.15) is 22.5 Å². The van der Waals surface area contributed by atoms with Crippen LogP contribution >= 0.6 is 11.3 Å². The molecule has 1 unspecified atom stereocenters. The maximum atomic E-state index is 13.4. The second-order valence-electron chi connectivity index (χ2n) is 5.15. The molecule has 0 amide bonds. The highest BCUT2D eigenvalue weighted by Gasteiger charge is 2.28. The maximum absolute atomic E-state index is 13.4. The molecule has 1 atom stereocenters. The predicted octanol–water partition coefficient (Wildman–Crippen LogP) is 2.79. The van der Waals surface area contributed by atoms with E-state index in [0.717, 1.165) is 30.5 Å². The van der Waals surface area contributed by atoms with E-state index in [4.69, 9.17) is 4.74 Å². The first-order valence-corrected chi connectivity index (χ1v) is 7.96. The van der Waals surface area contributed by atoms with Gasteiger partial charge in [-0.25, -0.2) is 4.98 Å². The number of hydrogen-bond donors (Lipinski definition) is 0. The topological polar surface area (TPSA) is 55.3 Å². The smallest absolute Gasteiger partial charge is 0.255 e. The number of aromatic nitrogens is 2. The molecule has 2 aromatic rings. The number of hydrogen-bond acceptors (Lipinski definition) is 6. The normalized spacial score (nSPS) is 18.3. The Bertz CT molecular complexity index is 663. The van der Waals surface area contributed by atoms with E-state index in [0.29, 0.717) is 12.5 Å². The lowest BCUT2D eigenvalue weighted by Crippen LogP contribution is -2.39. The van der Waals surface area contributed by atoms with E-state index >= 15 is 0 Å². The van der Waals surface area contributed by atoms with Crippen LogP contribution in [-0.4, -0.2) is 36.0 Å². The van der Waals surface area contributed by atoms with Crippen molar-refractivity contribution in [3.63, 3.8) is 0 Å². The van der Waals surface area contributed by atoms with Crippen LogP contribution in [0.2, 0.25) is 0 Å². The number of Topliss-reactive ketones (excluding diaryl/α,β-unsaturated/α-hetero) is 1. The lowest BCUT2D eigenvalue weighted by Gasteiger charge is -2.31. The molecular formula is C15H16FN3O2S. The Morgan fingerprint density at radius 1 is 1.55 bits per heavy atom. The molecule has 1 aliphatic heterocycles. The van der Waals surface area contributed by atoms with Crippen LogP contribution in [-0.2, 0) is 0 Å². The van der Waals surface area contributed by atoms with Crippen molar-refractivity contribution in [1.29, 1.82) is 0 Å².